The molecule has 1 saturated carbocycles. The number of aryl methyl sites for hydroxylation is 2. The van der Waals surface area contributed by atoms with Gasteiger partial charge in [0.05, 0.1) is 24.8 Å². The highest BCUT2D eigenvalue weighted by Crippen LogP contribution is 2.62. The number of nitrogens with zero attached hydrogens (tertiary/aromatic N) is 2. The molecule has 12 heteroatoms. The zero-order valence-electron chi connectivity index (χ0n) is 35.7. The first-order chi connectivity index (χ1) is 29.7. The fraction of sp³-hybridized carbons (Fsp3) is 0.469. The van der Waals surface area contributed by atoms with Crippen LogP contribution in [0.1, 0.15) is 79.5 Å². The highest BCUT2D eigenvalue weighted by molar-refractivity contribution is 6.03. The number of oxime groups is 1. The van der Waals surface area contributed by atoms with Gasteiger partial charge in [-0.2, -0.15) is 0 Å². The molecule has 7 rings (SSSR count). The van der Waals surface area contributed by atoms with Gasteiger partial charge >= 0.3 is 6.09 Å². The van der Waals surface area contributed by atoms with Crippen molar-refractivity contribution in [2.75, 3.05) is 40.3 Å². The number of hydrogen-bond donors (Lipinski definition) is 2. The number of allylic oxidation sites excluding steroid dienone is 1. The zero-order chi connectivity index (χ0) is 42.9. The molecular weight excluding hydrogens is 777 g/mol. The molecule has 0 bridgehead atoms. The van der Waals surface area contributed by atoms with Crippen molar-refractivity contribution in [1.29, 1.82) is 0 Å². The molecule has 12 nitrogen and oxygen atoms in total. The van der Waals surface area contributed by atoms with Crippen molar-refractivity contribution in [2.45, 2.75) is 89.5 Å². The Morgan fingerprint density at radius 1 is 0.918 bits per heavy atom. The van der Waals surface area contributed by atoms with Crippen LogP contribution in [-0.2, 0) is 20.9 Å². The number of fused-ring (bicyclic) bond motifs is 3. The van der Waals surface area contributed by atoms with Gasteiger partial charge in [-0.1, -0.05) is 48.4 Å². The highest BCUT2D eigenvalue weighted by Gasteiger charge is 2.65. The fourth-order valence-corrected chi connectivity index (χ4v) is 9.59. The van der Waals surface area contributed by atoms with Crippen LogP contribution in [-0.4, -0.2) is 79.1 Å². The minimum atomic E-state index is -1.46. The number of carbonyl (C=O) groups excluding carboxylic acids is 1. The van der Waals surface area contributed by atoms with Crippen LogP contribution in [0.3, 0.4) is 0 Å². The zero-order valence-corrected chi connectivity index (χ0v) is 35.7. The van der Waals surface area contributed by atoms with Crippen molar-refractivity contribution < 1.29 is 48.3 Å². The number of unbranched alkanes of at least 4 members (excludes halogenated alkanes) is 2. The van der Waals surface area contributed by atoms with Gasteiger partial charge in [0.15, 0.2) is 11.5 Å². The van der Waals surface area contributed by atoms with E-state index in [4.69, 9.17) is 38.4 Å². The smallest absolute Gasteiger partial charge is 0.410 e. The summed E-state index contributed by atoms with van der Waals surface area (Å²) in [5, 5.41) is 24.5. The second-order valence-corrected chi connectivity index (χ2v) is 16.3. The molecule has 0 spiro atoms. The van der Waals surface area contributed by atoms with Crippen LogP contribution in [0.15, 0.2) is 96.7 Å². The lowest BCUT2D eigenvalue weighted by Gasteiger charge is -2.59. The summed E-state index contributed by atoms with van der Waals surface area (Å²) >= 11 is 0. The van der Waals surface area contributed by atoms with Gasteiger partial charge in [0.25, 0.3) is 0 Å². The van der Waals surface area contributed by atoms with Crippen LogP contribution in [0, 0.1) is 31.6 Å². The molecule has 2 N–H and O–H groups in total. The van der Waals surface area contributed by atoms with E-state index in [1.54, 1.807) is 17.1 Å². The first-order valence-corrected chi connectivity index (χ1v) is 21.5. The molecule has 6 unspecified atom stereocenters. The third-order valence-electron chi connectivity index (χ3n) is 12.5. The van der Waals surface area contributed by atoms with Gasteiger partial charge in [-0.15, -0.1) is 13.2 Å². The Morgan fingerprint density at radius 2 is 1.67 bits per heavy atom. The molecule has 61 heavy (non-hydrogen) atoms. The van der Waals surface area contributed by atoms with Gasteiger partial charge in [0.1, 0.15) is 30.4 Å². The van der Waals surface area contributed by atoms with E-state index >= 15 is 0 Å². The number of rotatable bonds is 20. The van der Waals surface area contributed by atoms with Gasteiger partial charge in [0, 0.05) is 37.7 Å². The minimum absolute atomic E-state index is 0.0506. The van der Waals surface area contributed by atoms with E-state index in [0.717, 1.165) is 53.7 Å². The van der Waals surface area contributed by atoms with E-state index in [1.165, 1.54) is 12.7 Å². The van der Waals surface area contributed by atoms with Crippen molar-refractivity contribution in [1.82, 2.24) is 4.90 Å². The quantitative estimate of drug-likeness (QED) is 0.0644. The molecule has 1 fully saturated rings. The Morgan fingerprint density at radius 3 is 2.43 bits per heavy atom. The molecule has 4 aliphatic rings. The van der Waals surface area contributed by atoms with E-state index in [2.05, 4.69) is 45.2 Å². The summed E-state index contributed by atoms with van der Waals surface area (Å²) in [5.41, 5.74) is 5.69. The molecule has 0 saturated heterocycles. The number of carbonyl (C=O) groups is 1. The third-order valence-corrected chi connectivity index (χ3v) is 12.5. The fourth-order valence-electron chi connectivity index (χ4n) is 9.59. The standard InChI is InChI=1S/C49H60N2O10/c1-6-8-24-56-48(54)51(30-34-16-19-43-44(26-34)58-31-57-43)45-29-41(50-55-5)39-27-35(13-9-11-21-52)38(14-10-12-22-53)46-40-28-37(60-36-17-15-32(3)33(4)25-36)18-20-42(40)61-49(45,47(39)46)59-23-7-2/h6-7,15-20,25-28,35,38,45-47,52-53H,1-2,8-14,21-24,29-31H2,3-5H3. The Kier molecular flexibility index (Phi) is 14.4. The van der Waals surface area contributed by atoms with Crippen LogP contribution in [0.2, 0.25) is 0 Å². The molecular formula is C49H60N2O10. The lowest BCUT2D eigenvalue weighted by Crippen LogP contribution is -2.70. The largest absolute Gasteiger partial charge is 0.459 e. The molecule has 326 valence electrons. The Hall–Kier alpha value is -5.30. The first kappa shape index (κ1) is 43.8. The highest BCUT2D eigenvalue weighted by atomic mass is 16.7. The summed E-state index contributed by atoms with van der Waals surface area (Å²) in [6.45, 7) is 12.7. The van der Waals surface area contributed by atoms with Crippen LogP contribution in [0.5, 0.6) is 28.7 Å². The molecule has 2 aliphatic carbocycles. The Balaban J connectivity index is 1.43. The molecule has 3 aromatic carbocycles. The van der Waals surface area contributed by atoms with Crippen LogP contribution in [0.25, 0.3) is 0 Å². The number of hydrogen-bond acceptors (Lipinski definition) is 11. The maximum absolute atomic E-state index is 14.6. The summed E-state index contributed by atoms with van der Waals surface area (Å²) in [4.78, 5) is 21.9. The van der Waals surface area contributed by atoms with Crippen LogP contribution in [0.4, 0.5) is 4.79 Å². The number of amides is 1. The number of aliphatic hydroxyl groups is 2. The number of ether oxygens (including phenoxy) is 6. The van der Waals surface area contributed by atoms with Gasteiger partial charge in [0.2, 0.25) is 12.6 Å². The second kappa shape index (κ2) is 20.0. The number of aliphatic hydroxyl groups excluding tert-OH is 2. The van der Waals surface area contributed by atoms with Crippen LogP contribution < -0.4 is 18.9 Å². The predicted molar refractivity (Wildman–Crippen MR) is 232 cm³/mol. The van der Waals surface area contributed by atoms with E-state index in [0.29, 0.717) is 48.0 Å². The molecule has 3 aromatic rings. The molecule has 1 amide bonds. The summed E-state index contributed by atoms with van der Waals surface area (Å²) in [7, 11) is 1.53. The average Bonchev–Trinajstić information content (AvgIpc) is 3.73. The van der Waals surface area contributed by atoms with Crippen molar-refractivity contribution in [3.8, 4) is 28.7 Å². The molecule has 0 radical (unpaired) electrons. The van der Waals surface area contributed by atoms with Gasteiger partial charge < -0.3 is 43.5 Å². The SMILES string of the molecule is C=CCCOC(=O)N(Cc1ccc2c(c1)OCO2)C1CC(=NOC)C2=CC(CCCCO)C(CCCCO)C3c4cc(Oc5ccc(C)c(C)c5)ccc4OC1(OCC=C)C23. The van der Waals surface area contributed by atoms with E-state index in [9.17, 15) is 15.0 Å². The molecule has 0 aromatic heterocycles. The van der Waals surface area contributed by atoms with E-state index in [-0.39, 0.29) is 63.9 Å². The normalized spacial score (nSPS) is 23.9. The summed E-state index contributed by atoms with van der Waals surface area (Å²) in [6, 6.07) is 16.9. The maximum atomic E-state index is 14.6. The molecule has 6 atom stereocenters. The third kappa shape index (κ3) is 9.32. The number of benzene rings is 3. The van der Waals surface area contributed by atoms with E-state index < -0.39 is 23.8 Å². The predicted octanol–water partition coefficient (Wildman–Crippen LogP) is 9.30. The second-order valence-electron chi connectivity index (χ2n) is 16.3. The van der Waals surface area contributed by atoms with Gasteiger partial charge in [-0.05, 0) is 123 Å². The summed E-state index contributed by atoms with van der Waals surface area (Å²) in [6.07, 6.45) is 10.5. The average molecular weight is 837 g/mol. The first-order valence-electron chi connectivity index (χ1n) is 21.5. The summed E-state index contributed by atoms with van der Waals surface area (Å²) < 4.78 is 38.4. The molecule has 2 aliphatic heterocycles. The summed E-state index contributed by atoms with van der Waals surface area (Å²) in [5.74, 6) is 1.22. The minimum Gasteiger partial charge on any atom is -0.459 e. The van der Waals surface area contributed by atoms with Crippen molar-refractivity contribution >= 4 is 11.8 Å². The topological polar surface area (TPSA) is 138 Å². The van der Waals surface area contributed by atoms with E-state index in [1.807, 2.05) is 42.5 Å². The van der Waals surface area contributed by atoms with Crippen molar-refractivity contribution in [3.05, 3.63) is 114 Å². The Labute approximate surface area is 359 Å². The van der Waals surface area contributed by atoms with Crippen molar-refractivity contribution in [2.24, 2.45) is 22.9 Å². The lowest BCUT2D eigenvalue weighted by atomic mass is 9.55. The lowest BCUT2D eigenvalue weighted by molar-refractivity contribution is -0.256. The Bertz CT molecular complexity index is 2100. The van der Waals surface area contributed by atoms with Crippen LogP contribution >= 0.6 is 0 Å². The maximum Gasteiger partial charge on any atom is 0.410 e. The molecule has 2 heterocycles. The van der Waals surface area contributed by atoms with Crippen molar-refractivity contribution in [3.63, 3.8) is 0 Å². The monoisotopic (exact) mass is 836 g/mol. The van der Waals surface area contributed by atoms with Gasteiger partial charge in [-0.3, -0.25) is 4.90 Å². The van der Waals surface area contributed by atoms with Gasteiger partial charge in [-0.25, -0.2) is 4.79 Å².